The van der Waals surface area contributed by atoms with E-state index < -0.39 is 0 Å². The summed E-state index contributed by atoms with van der Waals surface area (Å²) in [5.74, 6) is 0. The van der Waals surface area contributed by atoms with Crippen molar-refractivity contribution in [2.45, 2.75) is 90.4 Å². The fourth-order valence-corrected chi connectivity index (χ4v) is 2.81. The first-order valence-corrected chi connectivity index (χ1v) is 7.49. The summed E-state index contributed by atoms with van der Waals surface area (Å²) in [4.78, 5) is 0. The van der Waals surface area contributed by atoms with Crippen LogP contribution in [-0.4, -0.2) is 24.3 Å². The van der Waals surface area contributed by atoms with Gasteiger partial charge in [0.25, 0.3) is 0 Å². The molecule has 1 N–H and O–H groups in total. The quantitative estimate of drug-likeness (QED) is 0.730. The molecular weight excluding hydrogens is 210 g/mol. The molecule has 1 saturated carbocycles. The molecule has 0 amide bonds. The zero-order chi connectivity index (χ0) is 12.7. The van der Waals surface area contributed by atoms with Crippen molar-refractivity contribution in [1.29, 1.82) is 0 Å². The second-order valence-corrected chi connectivity index (χ2v) is 6.00. The van der Waals surface area contributed by atoms with Crippen molar-refractivity contribution in [3.05, 3.63) is 0 Å². The van der Waals surface area contributed by atoms with E-state index in [9.17, 15) is 0 Å². The molecule has 1 rings (SSSR count). The highest BCUT2D eigenvalue weighted by atomic mass is 16.5. The largest absolute Gasteiger partial charge is 0.371 e. The molecule has 0 bridgehead atoms. The second kappa shape index (κ2) is 7.38. The van der Waals surface area contributed by atoms with Crippen LogP contribution in [0.3, 0.4) is 0 Å². The maximum Gasteiger partial charge on any atom is 0.0810 e. The predicted molar refractivity (Wildman–Crippen MR) is 74.4 cm³/mol. The summed E-state index contributed by atoms with van der Waals surface area (Å²) in [6.07, 6.45) is 9.33. The molecule has 0 aliphatic heterocycles. The Bertz CT molecular complexity index is 197. The van der Waals surface area contributed by atoms with Crippen molar-refractivity contribution in [1.82, 2.24) is 5.32 Å². The normalized spacial score (nSPS) is 21.7. The van der Waals surface area contributed by atoms with Crippen LogP contribution < -0.4 is 5.32 Å². The molecule has 102 valence electrons. The molecule has 0 spiro atoms. The highest BCUT2D eigenvalue weighted by Crippen LogP contribution is 2.33. The Hall–Kier alpha value is -0.0800. The van der Waals surface area contributed by atoms with Crippen molar-refractivity contribution >= 4 is 0 Å². The molecule has 2 nitrogen and oxygen atoms in total. The van der Waals surface area contributed by atoms with Crippen molar-refractivity contribution in [3.63, 3.8) is 0 Å². The molecule has 0 aromatic heterocycles. The molecule has 1 atom stereocenters. The van der Waals surface area contributed by atoms with Gasteiger partial charge in [-0.05, 0) is 26.2 Å². The Morgan fingerprint density at radius 1 is 1.12 bits per heavy atom. The summed E-state index contributed by atoms with van der Waals surface area (Å²) in [6.45, 7) is 9.92. The molecular formula is C15H31NO. The van der Waals surface area contributed by atoms with Gasteiger partial charge in [-0.3, -0.25) is 0 Å². The molecule has 0 aromatic carbocycles. The number of hydrogen-bond acceptors (Lipinski definition) is 2. The van der Waals surface area contributed by atoms with E-state index in [4.69, 9.17) is 4.74 Å². The van der Waals surface area contributed by atoms with Gasteiger partial charge in [0.1, 0.15) is 0 Å². The average Bonchev–Trinajstić information content (AvgIpc) is 2.28. The standard InChI is InChI=1S/C15H31NO/c1-5-9-14(4)17-15(12-16-13(2)3)10-7-6-8-11-15/h13-14,16H,5-12H2,1-4H3. The predicted octanol–water partition coefficient (Wildman–Crippen LogP) is 3.89. The number of hydrogen-bond donors (Lipinski definition) is 1. The lowest BCUT2D eigenvalue weighted by Gasteiger charge is -2.40. The summed E-state index contributed by atoms with van der Waals surface area (Å²) in [7, 11) is 0. The van der Waals surface area contributed by atoms with Crippen molar-refractivity contribution in [2.24, 2.45) is 0 Å². The highest BCUT2D eigenvalue weighted by molar-refractivity contribution is 4.88. The SMILES string of the molecule is CCCC(C)OC1(CNC(C)C)CCCCC1. The zero-order valence-electron chi connectivity index (χ0n) is 12.2. The topological polar surface area (TPSA) is 21.3 Å². The minimum Gasteiger partial charge on any atom is -0.371 e. The van der Waals surface area contributed by atoms with Gasteiger partial charge in [-0.25, -0.2) is 0 Å². The van der Waals surface area contributed by atoms with Gasteiger partial charge in [0.15, 0.2) is 0 Å². The lowest BCUT2D eigenvalue weighted by Crippen LogP contribution is -2.48. The number of rotatable bonds is 7. The molecule has 1 aliphatic carbocycles. The molecule has 17 heavy (non-hydrogen) atoms. The van der Waals surface area contributed by atoms with Crippen LogP contribution in [0, 0.1) is 0 Å². The first kappa shape index (κ1) is 15.0. The Labute approximate surface area is 108 Å². The third-order valence-corrected chi connectivity index (χ3v) is 3.74. The van der Waals surface area contributed by atoms with Crippen LogP contribution in [0.5, 0.6) is 0 Å². The van der Waals surface area contributed by atoms with Crippen LogP contribution >= 0.6 is 0 Å². The van der Waals surface area contributed by atoms with Crippen molar-refractivity contribution in [2.75, 3.05) is 6.54 Å². The molecule has 1 fully saturated rings. The van der Waals surface area contributed by atoms with Crippen molar-refractivity contribution < 1.29 is 4.74 Å². The van der Waals surface area contributed by atoms with Gasteiger partial charge in [-0.15, -0.1) is 0 Å². The first-order chi connectivity index (χ1) is 8.08. The van der Waals surface area contributed by atoms with E-state index in [1.54, 1.807) is 0 Å². The monoisotopic (exact) mass is 241 g/mol. The Morgan fingerprint density at radius 2 is 1.76 bits per heavy atom. The summed E-state index contributed by atoms with van der Waals surface area (Å²) >= 11 is 0. The summed E-state index contributed by atoms with van der Waals surface area (Å²) in [5, 5.41) is 3.58. The van der Waals surface area contributed by atoms with E-state index >= 15 is 0 Å². The molecule has 0 radical (unpaired) electrons. The van der Waals surface area contributed by atoms with Gasteiger partial charge in [-0.1, -0.05) is 46.5 Å². The van der Waals surface area contributed by atoms with Gasteiger partial charge < -0.3 is 10.1 Å². The van der Waals surface area contributed by atoms with E-state index in [0.717, 1.165) is 6.54 Å². The number of nitrogens with one attached hydrogen (secondary N) is 1. The van der Waals surface area contributed by atoms with Crippen molar-refractivity contribution in [3.8, 4) is 0 Å². The average molecular weight is 241 g/mol. The maximum absolute atomic E-state index is 6.41. The maximum atomic E-state index is 6.41. The Balaban J connectivity index is 2.51. The Morgan fingerprint density at radius 3 is 2.29 bits per heavy atom. The lowest BCUT2D eigenvalue weighted by molar-refractivity contribution is -0.108. The molecule has 2 heteroatoms. The van der Waals surface area contributed by atoms with Crippen LogP contribution in [-0.2, 0) is 4.74 Å². The van der Waals surface area contributed by atoms with Crippen LogP contribution in [0.15, 0.2) is 0 Å². The highest BCUT2D eigenvalue weighted by Gasteiger charge is 2.34. The van der Waals surface area contributed by atoms with E-state index in [2.05, 4.69) is 33.0 Å². The van der Waals surface area contributed by atoms with Gasteiger partial charge in [-0.2, -0.15) is 0 Å². The minimum atomic E-state index is 0.122. The second-order valence-electron chi connectivity index (χ2n) is 6.00. The summed E-state index contributed by atoms with van der Waals surface area (Å²) in [6, 6.07) is 0.555. The molecule has 0 saturated heterocycles. The fraction of sp³-hybridized carbons (Fsp3) is 1.00. The van der Waals surface area contributed by atoms with E-state index in [1.807, 2.05) is 0 Å². The third-order valence-electron chi connectivity index (χ3n) is 3.74. The van der Waals surface area contributed by atoms with Gasteiger partial charge in [0.05, 0.1) is 11.7 Å². The smallest absolute Gasteiger partial charge is 0.0810 e. The molecule has 0 aromatic rings. The van der Waals surface area contributed by atoms with E-state index in [-0.39, 0.29) is 5.60 Å². The van der Waals surface area contributed by atoms with Gasteiger partial charge in [0.2, 0.25) is 0 Å². The van der Waals surface area contributed by atoms with Gasteiger partial charge >= 0.3 is 0 Å². The Kier molecular flexibility index (Phi) is 6.50. The lowest BCUT2D eigenvalue weighted by atomic mass is 9.84. The van der Waals surface area contributed by atoms with E-state index in [0.29, 0.717) is 12.1 Å². The van der Waals surface area contributed by atoms with E-state index in [1.165, 1.54) is 44.9 Å². The van der Waals surface area contributed by atoms with Crippen LogP contribution in [0.2, 0.25) is 0 Å². The van der Waals surface area contributed by atoms with Crippen LogP contribution in [0.25, 0.3) is 0 Å². The number of ether oxygens (including phenoxy) is 1. The molecule has 1 aliphatic rings. The molecule has 1 unspecified atom stereocenters. The fourth-order valence-electron chi connectivity index (χ4n) is 2.81. The summed E-state index contributed by atoms with van der Waals surface area (Å²) in [5.41, 5.74) is 0.122. The van der Waals surface area contributed by atoms with Crippen LogP contribution in [0.4, 0.5) is 0 Å². The van der Waals surface area contributed by atoms with Gasteiger partial charge in [0, 0.05) is 12.6 Å². The first-order valence-electron chi connectivity index (χ1n) is 7.49. The molecule has 0 heterocycles. The van der Waals surface area contributed by atoms with Crippen LogP contribution in [0.1, 0.15) is 72.6 Å². The zero-order valence-corrected chi connectivity index (χ0v) is 12.2. The summed E-state index contributed by atoms with van der Waals surface area (Å²) < 4.78 is 6.41. The third kappa shape index (κ3) is 5.39. The minimum absolute atomic E-state index is 0.122.